The van der Waals surface area contributed by atoms with Gasteiger partial charge in [-0.25, -0.2) is 4.79 Å². The monoisotopic (exact) mass is 262 g/mol. The number of amides is 1. The van der Waals surface area contributed by atoms with Gasteiger partial charge in [-0.2, -0.15) is 0 Å². The third-order valence-corrected chi connectivity index (χ3v) is 2.54. The molecule has 1 aromatic rings. The molecular weight excluding hydrogens is 244 g/mol. The zero-order valence-corrected chi connectivity index (χ0v) is 10.6. The Morgan fingerprint density at radius 2 is 2.00 bits per heavy atom. The van der Waals surface area contributed by atoms with Crippen molar-refractivity contribution in [3.63, 3.8) is 0 Å². The Morgan fingerprint density at radius 1 is 1.32 bits per heavy atom. The standard InChI is InChI=1S/C14H18N2O3/c15-10-4-7-12(14(18)19)16-13(17)9-8-11-5-2-1-3-6-11/h1-3,5-6,8-9,12H,4,7,10,15H2,(H,16,17)(H,18,19)/t12-/m0/s1. The number of hydrogen-bond donors (Lipinski definition) is 3. The number of aliphatic carboxylic acids is 1. The lowest BCUT2D eigenvalue weighted by atomic mass is 10.1. The molecule has 19 heavy (non-hydrogen) atoms. The number of carboxylic acids is 1. The van der Waals surface area contributed by atoms with Crippen molar-refractivity contribution in [1.82, 2.24) is 5.32 Å². The highest BCUT2D eigenvalue weighted by atomic mass is 16.4. The van der Waals surface area contributed by atoms with Gasteiger partial charge in [0.2, 0.25) is 5.91 Å². The number of carbonyl (C=O) groups excluding carboxylic acids is 1. The molecule has 0 saturated carbocycles. The molecule has 0 bridgehead atoms. The SMILES string of the molecule is NCCC[C@H](NC(=O)C=Cc1ccccc1)C(=O)O. The number of carbonyl (C=O) groups is 2. The van der Waals surface area contributed by atoms with Gasteiger partial charge in [-0.3, -0.25) is 4.79 Å². The van der Waals surface area contributed by atoms with Crippen LogP contribution in [0.5, 0.6) is 0 Å². The lowest BCUT2D eigenvalue weighted by molar-refractivity contribution is -0.141. The minimum Gasteiger partial charge on any atom is -0.480 e. The maximum absolute atomic E-state index is 11.6. The molecule has 0 aromatic heterocycles. The van der Waals surface area contributed by atoms with E-state index in [-0.39, 0.29) is 0 Å². The highest BCUT2D eigenvalue weighted by Crippen LogP contribution is 2.01. The first-order chi connectivity index (χ1) is 9.13. The Morgan fingerprint density at radius 3 is 2.58 bits per heavy atom. The maximum Gasteiger partial charge on any atom is 0.326 e. The van der Waals surface area contributed by atoms with Crippen molar-refractivity contribution in [1.29, 1.82) is 0 Å². The van der Waals surface area contributed by atoms with E-state index in [1.807, 2.05) is 30.3 Å². The Balaban J connectivity index is 2.53. The average molecular weight is 262 g/mol. The molecule has 0 fully saturated rings. The van der Waals surface area contributed by atoms with Crippen LogP contribution < -0.4 is 11.1 Å². The van der Waals surface area contributed by atoms with Crippen LogP contribution in [0.3, 0.4) is 0 Å². The van der Waals surface area contributed by atoms with Crippen LogP contribution in [0.2, 0.25) is 0 Å². The smallest absolute Gasteiger partial charge is 0.326 e. The molecule has 0 aliphatic rings. The van der Waals surface area contributed by atoms with Crippen LogP contribution in [0.1, 0.15) is 18.4 Å². The van der Waals surface area contributed by atoms with Crippen LogP contribution in [0.4, 0.5) is 0 Å². The number of benzene rings is 1. The quantitative estimate of drug-likeness (QED) is 0.639. The molecule has 1 atom stereocenters. The van der Waals surface area contributed by atoms with Crippen molar-refractivity contribution in [2.45, 2.75) is 18.9 Å². The summed E-state index contributed by atoms with van der Waals surface area (Å²) in [6.07, 6.45) is 3.85. The molecule has 0 spiro atoms. The second-order valence-corrected chi connectivity index (χ2v) is 4.07. The minimum atomic E-state index is -1.05. The summed E-state index contributed by atoms with van der Waals surface area (Å²) >= 11 is 0. The summed E-state index contributed by atoms with van der Waals surface area (Å²) in [7, 11) is 0. The first kappa shape index (κ1) is 14.9. The van der Waals surface area contributed by atoms with E-state index in [4.69, 9.17) is 10.8 Å². The fourth-order valence-corrected chi connectivity index (χ4v) is 1.54. The van der Waals surface area contributed by atoms with Crippen LogP contribution in [0.25, 0.3) is 6.08 Å². The Hall–Kier alpha value is -2.14. The summed E-state index contributed by atoms with van der Waals surface area (Å²) in [6.45, 7) is 0.402. The fraction of sp³-hybridized carbons (Fsp3) is 0.286. The lowest BCUT2D eigenvalue weighted by Crippen LogP contribution is -2.40. The zero-order chi connectivity index (χ0) is 14.1. The van der Waals surface area contributed by atoms with Crippen molar-refractivity contribution in [3.8, 4) is 0 Å². The van der Waals surface area contributed by atoms with Crippen LogP contribution in [-0.4, -0.2) is 29.6 Å². The van der Waals surface area contributed by atoms with Gasteiger partial charge in [0.05, 0.1) is 0 Å². The van der Waals surface area contributed by atoms with Crippen LogP contribution >= 0.6 is 0 Å². The lowest BCUT2D eigenvalue weighted by Gasteiger charge is -2.12. The highest BCUT2D eigenvalue weighted by Gasteiger charge is 2.17. The molecule has 5 heteroatoms. The predicted molar refractivity (Wildman–Crippen MR) is 73.3 cm³/mol. The van der Waals surface area contributed by atoms with Gasteiger partial charge in [-0.15, -0.1) is 0 Å². The van der Waals surface area contributed by atoms with E-state index in [9.17, 15) is 9.59 Å². The van der Waals surface area contributed by atoms with E-state index in [2.05, 4.69) is 5.32 Å². The van der Waals surface area contributed by atoms with Crippen molar-refractivity contribution in [3.05, 3.63) is 42.0 Å². The molecule has 0 aliphatic carbocycles. The third kappa shape index (κ3) is 5.83. The van der Waals surface area contributed by atoms with Crippen LogP contribution in [-0.2, 0) is 9.59 Å². The third-order valence-electron chi connectivity index (χ3n) is 2.54. The maximum atomic E-state index is 11.6. The summed E-state index contributed by atoms with van der Waals surface area (Å²) in [5.74, 6) is -1.47. The van der Waals surface area contributed by atoms with Gasteiger partial charge >= 0.3 is 5.97 Å². The molecule has 0 heterocycles. The first-order valence-electron chi connectivity index (χ1n) is 6.10. The van der Waals surface area contributed by atoms with Gasteiger partial charge in [-0.05, 0) is 31.0 Å². The second-order valence-electron chi connectivity index (χ2n) is 4.07. The summed E-state index contributed by atoms with van der Waals surface area (Å²) < 4.78 is 0. The number of carboxylic acid groups (broad SMARTS) is 1. The number of rotatable bonds is 7. The van der Waals surface area contributed by atoms with E-state index >= 15 is 0 Å². The predicted octanol–water partition coefficient (Wildman–Crippen LogP) is 1.01. The first-order valence-corrected chi connectivity index (χ1v) is 6.10. The van der Waals surface area contributed by atoms with Crippen molar-refractivity contribution in [2.75, 3.05) is 6.54 Å². The molecule has 1 amide bonds. The Bertz CT molecular complexity index is 443. The molecule has 4 N–H and O–H groups in total. The topological polar surface area (TPSA) is 92.4 Å². The molecular formula is C14H18N2O3. The number of nitrogens with two attached hydrogens (primary N) is 1. The van der Waals surface area contributed by atoms with Gasteiger partial charge in [0.15, 0.2) is 0 Å². The Labute approximate surface area is 112 Å². The fourth-order valence-electron chi connectivity index (χ4n) is 1.54. The molecule has 102 valence electrons. The van der Waals surface area contributed by atoms with Crippen LogP contribution in [0.15, 0.2) is 36.4 Å². The normalized spacial score (nSPS) is 12.3. The molecule has 1 rings (SSSR count). The largest absolute Gasteiger partial charge is 0.480 e. The molecule has 0 aliphatic heterocycles. The van der Waals surface area contributed by atoms with E-state index in [0.717, 1.165) is 5.56 Å². The minimum absolute atomic E-state index is 0.330. The van der Waals surface area contributed by atoms with Crippen molar-refractivity contribution in [2.24, 2.45) is 5.73 Å². The van der Waals surface area contributed by atoms with Crippen molar-refractivity contribution >= 4 is 18.0 Å². The summed E-state index contributed by atoms with van der Waals surface area (Å²) in [5.41, 5.74) is 6.20. The average Bonchev–Trinajstić information content (AvgIpc) is 2.42. The van der Waals surface area contributed by atoms with Crippen LogP contribution in [0, 0.1) is 0 Å². The second kappa shape index (κ2) is 8.05. The molecule has 0 radical (unpaired) electrons. The molecule has 5 nitrogen and oxygen atoms in total. The molecule has 0 unspecified atom stereocenters. The summed E-state index contributed by atoms with van der Waals surface area (Å²) in [6, 6.07) is 8.42. The van der Waals surface area contributed by atoms with E-state index in [1.54, 1.807) is 6.08 Å². The van der Waals surface area contributed by atoms with E-state index < -0.39 is 17.9 Å². The van der Waals surface area contributed by atoms with E-state index in [0.29, 0.717) is 19.4 Å². The highest BCUT2D eigenvalue weighted by molar-refractivity contribution is 5.94. The zero-order valence-electron chi connectivity index (χ0n) is 10.6. The van der Waals surface area contributed by atoms with Gasteiger partial charge in [0, 0.05) is 6.08 Å². The van der Waals surface area contributed by atoms with Gasteiger partial charge in [0.1, 0.15) is 6.04 Å². The van der Waals surface area contributed by atoms with Gasteiger partial charge in [-0.1, -0.05) is 30.3 Å². The number of hydrogen-bond acceptors (Lipinski definition) is 3. The number of nitrogens with one attached hydrogen (secondary N) is 1. The van der Waals surface area contributed by atoms with Crippen molar-refractivity contribution < 1.29 is 14.7 Å². The van der Waals surface area contributed by atoms with Gasteiger partial charge in [0.25, 0.3) is 0 Å². The van der Waals surface area contributed by atoms with Gasteiger partial charge < -0.3 is 16.2 Å². The summed E-state index contributed by atoms with van der Waals surface area (Å²) in [4.78, 5) is 22.5. The Kier molecular flexibility index (Phi) is 6.32. The molecule has 0 saturated heterocycles. The molecule has 1 aromatic carbocycles. The van der Waals surface area contributed by atoms with E-state index in [1.165, 1.54) is 6.08 Å². The summed E-state index contributed by atoms with van der Waals surface area (Å²) in [5, 5.41) is 11.4.